The summed E-state index contributed by atoms with van der Waals surface area (Å²) in [5.41, 5.74) is 2.28. The highest BCUT2D eigenvalue weighted by Gasteiger charge is 2.29. The molecule has 1 aliphatic rings. The Morgan fingerprint density at radius 3 is 2.54 bits per heavy atom. The van der Waals surface area contributed by atoms with E-state index in [4.69, 9.17) is 16.3 Å². The molecule has 28 heavy (non-hydrogen) atoms. The minimum Gasteiger partial charge on any atom is -0.492 e. The molecule has 1 aliphatic carbocycles. The molecule has 6 nitrogen and oxygen atoms in total. The summed E-state index contributed by atoms with van der Waals surface area (Å²) < 4.78 is 5.62. The number of carbonyl (C=O) groups excluding carboxylic acids is 2. The highest BCUT2D eigenvalue weighted by molar-refractivity contribution is 6.30. The number of anilines is 2. The van der Waals surface area contributed by atoms with Gasteiger partial charge in [0.05, 0.1) is 6.54 Å². The average molecular weight is 402 g/mol. The number of hydrogen-bond donors (Lipinski definition) is 2. The molecule has 0 aromatic heterocycles. The summed E-state index contributed by atoms with van der Waals surface area (Å²) in [4.78, 5) is 25.9. The molecule has 1 saturated carbocycles. The van der Waals surface area contributed by atoms with Crippen LogP contribution in [0, 0.1) is 12.8 Å². The van der Waals surface area contributed by atoms with Crippen LogP contribution in [0.25, 0.3) is 0 Å². The van der Waals surface area contributed by atoms with Gasteiger partial charge in [0.25, 0.3) is 0 Å². The number of nitrogens with zero attached hydrogens (tertiary/aromatic N) is 1. The monoisotopic (exact) mass is 401 g/mol. The van der Waals surface area contributed by atoms with E-state index in [1.807, 2.05) is 19.1 Å². The molecule has 3 rings (SSSR count). The Morgan fingerprint density at radius 1 is 1.14 bits per heavy atom. The zero-order chi connectivity index (χ0) is 20.1. The molecule has 0 radical (unpaired) electrons. The Hall–Kier alpha value is -2.73. The third-order valence-electron chi connectivity index (χ3n) is 4.55. The molecule has 0 heterocycles. The lowest BCUT2D eigenvalue weighted by Gasteiger charge is -2.19. The first-order valence-electron chi connectivity index (χ1n) is 9.24. The summed E-state index contributed by atoms with van der Waals surface area (Å²) in [7, 11) is 1.70. The molecule has 0 unspecified atom stereocenters. The van der Waals surface area contributed by atoms with Crippen LogP contribution in [-0.2, 0) is 4.79 Å². The van der Waals surface area contributed by atoms with E-state index in [0.29, 0.717) is 35.3 Å². The van der Waals surface area contributed by atoms with Gasteiger partial charge in [-0.05, 0) is 61.7 Å². The second-order valence-electron chi connectivity index (χ2n) is 6.95. The molecule has 0 spiro atoms. The van der Waals surface area contributed by atoms with E-state index in [2.05, 4.69) is 10.6 Å². The first-order valence-corrected chi connectivity index (χ1v) is 9.62. The Morgan fingerprint density at radius 2 is 1.86 bits per heavy atom. The van der Waals surface area contributed by atoms with Gasteiger partial charge >= 0.3 is 6.03 Å². The standard InChI is InChI=1S/C21H24ClN3O3/c1-14-3-8-17(23-20(26)15-4-5-15)13-19(14)24-21(27)25(2)11-12-28-18-9-6-16(22)7-10-18/h3,6-10,13,15H,4-5,11-12H2,1-2H3,(H,23,26)(H,24,27). The van der Waals surface area contributed by atoms with E-state index in [1.54, 1.807) is 42.3 Å². The Kier molecular flexibility index (Phi) is 6.41. The third-order valence-corrected chi connectivity index (χ3v) is 4.80. The van der Waals surface area contributed by atoms with Crippen LogP contribution in [0.15, 0.2) is 42.5 Å². The number of hydrogen-bond acceptors (Lipinski definition) is 3. The van der Waals surface area contributed by atoms with Crippen molar-refractivity contribution in [3.05, 3.63) is 53.1 Å². The van der Waals surface area contributed by atoms with Crippen LogP contribution >= 0.6 is 11.6 Å². The minimum absolute atomic E-state index is 0.0394. The number of halogens is 1. The lowest BCUT2D eigenvalue weighted by molar-refractivity contribution is -0.117. The van der Waals surface area contributed by atoms with Crippen LogP contribution in [0.4, 0.5) is 16.2 Å². The van der Waals surface area contributed by atoms with Gasteiger partial charge < -0.3 is 20.3 Å². The van der Waals surface area contributed by atoms with Crippen LogP contribution in [0.1, 0.15) is 18.4 Å². The van der Waals surface area contributed by atoms with Gasteiger partial charge in [-0.25, -0.2) is 4.79 Å². The van der Waals surface area contributed by atoms with Crippen molar-refractivity contribution in [3.63, 3.8) is 0 Å². The molecule has 2 aromatic carbocycles. The summed E-state index contributed by atoms with van der Waals surface area (Å²) in [6, 6.07) is 12.3. The van der Waals surface area contributed by atoms with Crippen molar-refractivity contribution in [2.75, 3.05) is 30.8 Å². The molecular weight excluding hydrogens is 378 g/mol. The van der Waals surface area contributed by atoms with E-state index in [0.717, 1.165) is 18.4 Å². The fourth-order valence-electron chi connectivity index (χ4n) is 2.57. The molecule has 7 heteroatoms. The maximum absolute atomic E-state index is 12.5. The highest BCUT2D eigenvalue weighted by Crippen LogP contribution is 2.30. The van der Waals surface area contributed by atoms with Gasteiger partial charge in [-0.1, -0.05) is 17.7 Å². The van der Waals surface area contributed by atoms with Gasteiger partial charge in [-0.3, -0.25) is 4.79 Å². The topological polar surface area (TPSA) is 70.7 Å². The first-order chi connectivity index (χ1) is 13.4. The second kappa shape index (κ2) is 8.97. The van der Waals surface area contributed by atoms with Gasteiger partial charge in [0.2, 0.25) is 5.91 Å². The lowest BCUT2D eigenvalue weighted by atomic mass is 10.1. The van der Waals surface area contributed by atoms with Crippen molar-refractivity contribution in [2.24, 2.45) is 5.92 Å². The average Bonchev–Trinajstić information content (AvgIpc) is 3.51. The summed E-state index contributed by atoms with van der Waals surface area (Å²) >= 11 is 5.84. The quantitative estimate of drug-likeness (QED) is 0.715. The molecule has 2 N–H and O–H groups in total. The SMILES string of the molecule is Cc1ccc(NC(=O)C2CC2)cc1NC(=O)N(C)CCOc1ccc(Cl)cc1. The summed E-state index contributed by atoms with van der Waals surface area (Å²) in [6.07, 6.45) is 1.90. The van der Waals surface area contributed by atoms with Crippen molar-refractivity contribution >= 4 is 34.9 Å². The number of nitrogens with one attached hydrogen (secondary N) is 2. The molecule has 148 valence electrons. The van der Waals surface area contributed by atoms with Crippen molar-refractivity contribution in [2.45, 2.75) is 19.8 Å². The Balaban J connectivity index is 1.51. The summed E-state index contributed by atoms with van der Waals surface area (Å²) in [5, 5.41) is 6.43. The number of ether oxygens (including phenoxy) is 1. The predicted molar refractivity (Wildman–Crippen MR) is 111 cm³/mol. The molecule has 0 bridgehead atoms. The van der Waals surface area contributed by atoms with E-state index >= 15 is 0 Å². The number of benzene rings is 2. The molecule has 3 amide bonds. The second-order valence-corrected chi connectivity index (χ2v) is 7.38. The fourth-order valence-corrected chi connectivity index (χ4v) is 2.69. The molecule has 0 aliphatic heterocycles. The predicted octanol–water partition coefficient (Wildman–Crippen LogP) is 4.54. The van der Waals surface area contributed by atoms with Crippen LogP contribution in [-0.4, -0.2) is 37.0 Å². The van der Waals surface area contributed by atoms with Crippen molar-refractivity contribution in [1.82, 2.24) is 4.90 Å². The number of amides is 3. The molecule has 0 atom stereocenters. The molecule has 0 saturated heterocycles. The van der Waals surface area contributed by atoms with Crippen LogP contribution in [0.2, 0.25) is 5.02 Å². The summed E-state index contributed by atoms with van der Waals surface area (Å²) in [6.45, 7) is 2.69. The first kappa shape index (κ1) is 20.0. The smallest absolute Gasteiger partial charge is 0.321 e. The number of rotatable bonds is 7. The van der Waals surface area contributed by atoms with Gasteiger partial charge in [0, 0.05) is 29.4 Å². The maximum atomic E-state index is 12.5. The normalized spacial score (nSPS) is 13.0. The third kappa shape index (κ3) is 5.63. The Labute approximate surface area is 169 Å². The van der Waals surface area contributed by atoms with Gasteiger partial charge in [-0.2, -0.15) is 0 Å². The number of urea groups is 1. The minimum atomic E-state index is -0.242. The van der Waals surface area contributed by atoms with Crippen LogP contribution in [0.3, 0.4) is 0 Å². The van der Waals surface area contributed by atoms with Gasteiger partial charge in [0.15, 0.2) is 0 Å². The van der Waals surface area contributed by atoms with Gasteiger partial charge in [0.1, 0.15) is 12.4 Å². The van der Waals surface area contributed by atoms with E-state index in [-0.39, 0.29) is 17.9 Å². The largest absolute Gasteiger partial charge is 0.492 e. The van der Waals surface area contributed by atoms with E-state index in [9.17, 15) is 9.59 Å². The van der Waals surface area contributed by atoms with Crippen molar-refractivity contribution < 1.29 is 14.3 Å². The lowest BCUT2D eigenvalue weighted by Crippen LogP contribution is -2.34. The van der Waals surface area contributed by atoms with E-state index in [1.165, 1.54) is 0 Å². The number of aryl methyl sites for hydroxylation is 1. The van der Waals surface area contributed by atoms with E-state index < -0.39 is 0 Å². The maximum Gasteiger partial charge on any atom is 0.321 e. The van der Waals surface area contributed by atoms with Gasteiger partial charge in [-0.15, -0.1) is 0 Å². The highest BCUT2D eigenvalue weighted by atomic mass is 35.5. The van der Waals surface area contributed by atoms with Crippen LogP contribution < -0.4 is 15.4 Å². The number of likely N-dealkylation sites (N-methyl/N-ethyl adjacent to an activating group) is 1. The summed E-state index contributed by atoms with van der Waals surface area (Å²) in [5.74, 6) is 0.872. The van der Waals surface area contributed by atoms with Crippen molar-refractivity contribution in [1.29, 1.82) is 0 Å². The Bertz CT molecular complexity index is 850. The number of carbonyl (C=O) groups is 2. The molecule has 1 fully saturated rings. The molecule has 2 aromatic rings. The van der Waals surface area contributed by atoms with Crippen molar-refractivity contribution in [3.8, 4) is 5.75 Å². The fraction of sp³-hybridized carbons (Fsp3) is 0.333. The molecular formula is C21H24ClN3O3. The van der Waals surface area contributed by atoms with Crippen LogP contribution in [0.5, 0.6) is 5.75 Å². The zero-order valence-electron chi connectivity index (χ0n) is 16.0. The zero-order valence-corrected chi connectivity index (χ0v) is 16.8.